The van der Waals surface area contributed by atoms with Gasteiger partial charge in [-0.15, -0.1) is 0 Å². The van der Waals surface area contributed by atoms with E-state index in [2.05, 4.69) is 21.2 Å². The third kappa shape index (κ3) is 4.04. The van der Waals surface area contributed by atoms with Crippen LogP contribution in [0.1, 0.15) is 11.3 Å². The van der Waals surface area contributed by atoms with Crippen LogP contribution in [0, 0.1) is 6.92 Å². The maximum atomic E-state index is 13.0. The molecule has 0 saturated carbocycles. The molecule has 2 aromatic carbocycles. The van der Waals surface area contributed by atoms with E-state index in [0.717, 1.165) is 14.9 Å². The van der Waals surface area contributed by atoms with Crippen LogP contribution in [0.25, 0.3) is 17.4 Å². The van der Waals surface area contributed by atoms with Crippen molar-refractivity contribution in [1.29, 1.82) is 0 Å². The second-order valence-electron chi connectivity index (χ2n) is 6.69. The maximum absolute atomic E-state index is 13.0. The zero-order chi connectivity index (χ0) is 22.3. The first-order valence-corrected chi connectivity index (χ1v) is 10.5. The van der Waals surface area contributed by atoms with Crippen molar-refractivity contribution in [2.45, 2.75) is 6.92 Å². The van der Waals surface area contributed by atoms with Gasteiger partial charge in [-0.3, -0.25) is 14.9 Å². The molecular formula is C22H13BrCl2N2O4. The Kier molecular flexibility index (Phi) is 5.75. The molecule has 4 rings (SSSR count). The number of nitrogens with zero attached hydrogens (tertiary/aromatic N) is 1. The summed E-state index contributed by atoms with van der Waals surface area (Å²) >= 11 is 15.7. The van der Waals surface area contributed by atoms with Crippen LogP contribution >= 0.6 is 39.1 Å². The number of nitrogens with one attached hydrogen (secondary N) is 1. The number of hydrogen-bond donors (Lipinski definition) is 1. The normalized spacial score (nSPS) is 15.5. The van der Waals surface area contributed by atoms with Gasteiger partial charge in [0.05, 0.1) is 15.7 Å². The Morgan fingerprint density at radius 3 is 2.58 bits per heavy atom. The Balaban J connectivity index is 1.70. The van der Waals surface area contributed by atoms with E-state index in [0.29, 0.717) is 27.1 Å². The van der Waals surface area contributed by atoms with Gasteiger partial charge in [-0.2, -0.15) is 0 Å². The summed E-state index contributed by atoms with van der Waals surface area (Å²) in [5.74, 6) is -0.904. The van der Waals surface area contributed by atoms with Crippen LogP contribution in [0.4, 0.5) is 10.5 Å². The molecule has 0 bridgehead atoms. The summed E-state index contributed by atoms with van der Waals surface area (Å²) in [6, 6.07) is 12.5. The minimum atomic E-state index is -0.820. The van der Waals surface area contributed by atoms with E-state index < -0.39 is 17.8 Å². The van der Waals surface area contributed by atoms with Crippen LogP contribution in [0.2, 0.25) is 10.0 Å². The highest BCUT2D eigenvalue weighted by molar-refractivity contribution is 9.10. The standard InChI is InChI=1S/C22H13BrCl2N2O4/c1-11-9-12(5-7-16(11)23)27-21(29)15(20(28)26-22(27)30)10-13-6-8-18(31-13)14-3-2-4-17(24)19(14)25/h2-10H,1H3,(H,26,28,30)/b15-10-. The fourth-order valence-corrected chi connectivity index (χ4v) is 3.71. The van der Waals surface area contributed by atoms with Crippen molar-refractivity contribution in [2.24, 2.45) is 0 Å². The van der Waals surface area contributed by atoms with E-state index in [1.165, 1.54) is 6.08 Å². The summed E-state index contributed by atoms with van der Waals surface area (Å²) in [6.07, 6.45) is 1.28. The fraction of sp³-hybridized carbons (Fsp3) is 0.0455. The predicted molar refractivity (Wildman–Crippen MR) is 122 cm³/mol. The van der Waals surface area contributed by atoms with Crippen molar-refractivity contribution in [1.82, 2.24) is 5.32 Å². The van der Waals surface area contributed by atoms with Crippen LogP contribution in [0.3, 0.4) is 0 Å². The summed E-state index contributed by atoms with van der Waals surface area (Å²) in [5, 5.41) is 2.88. The minimum Gasteiger partial charge on any atom is -0.457 e. The number of furan rings is 1. The van der Waals surface area contributed by atoms with Crippen molar-refractivity contribution in [3.63, 3.8) is 0 Å². The summed E-state index contributed by atoms with van der Waals surface area (Å²) in [5.41, 5.74) is 1.50. The number of hydrogen-bond acceptors (Lipinski definition) is 4. The molecular weight excluding hydrogens is 507 g/mol. The lowest BCUT2D eigenvalue weighted by molar-refractivity contribution is -0.122. The van der Waals surface area contributed by atoms with E-state index in [4.69, 9.17) is 27.6 Å². The number of urea groups is 1. The number of aryl methyl sites for hydroxylation is 1. The molecule has 1 fully saturated rings. The number of amides is 4. The second-order valence-corrected chi connectivity index (χ2v) is 8.33. The molecule has 9 heteroatoms. The first-order valence-electron chi connectivity index (χ1n) is 8.98. The Hall–Kier alpha value is -2.87. The van der Waals surface area contributed by atoms with Crippen molar-refractivity contribution in [2.75, 3.05) is 4.90 Å². The molecule has 3 aromatic rings. The average molecular weight is 520 g/mol. The van der Waals surface area contributed by atoms with Crippen LogP contribution < -0.4 is 10.2 Å². The molecule has 0 unspecified atom stereocenters. The summed E-state index contributed by atoms with van der Waals surface area (Å²) < 4.78 is 6.58. The molecule has 0 atom stereocenters. The van der Waals surface area contributed by atoms with Crippen molar-refractivity contribution in [3.8, 4) is 11.3 Å². The van der Waals surface area contributed by atoms with Crippen LogP contribution in [0.15, 0.2) is 63.0 Å². The van der Waals surface area contributed by atoms with Gasteiger partial charge >= 0.3 is 6.03 Å². The molecule has 1 aliphatic rings. The largest absolute Gasteiger partial charge is 0.457 e. The third-order valence-electron chi connectivity index (χ3n) is 4.63. The van der Waals surface area contributed by atoms with Gasteiger partial charge in [0, 0.05) is 10.0 Å². The van der Waals surface area contributed by atoms with Gasteiger partial charge < -0.3 is 4.42 Å². The topological polar surface area (TPSA) is 79.6 Å². The smallest absolute Gasteiger partial charge is 0.335 e. The number of barbiturate groups is 1. The molecule has 1 aromatic heterocycles. The van der Waals surface area contributed by atoms with E-state index >= 15 is 0 Å². The molecule has 6 nitrogen and oxygen atoms in total. The zero-order valence-corrected chi connectivity index (χ0v) is 19.0. The lowest BCUT2D eigenvalue weighted by Crippen LogP contribution is -2.54. The monoisotopic (exact) mass is 518 g/mol. The van der Waals surface area contributed by atoms with Gasteiger partial charge in [-0.05, 0) is 61.0 Å². The maximum Gasteiger partial charge on any atom is 0.335 e. The van der Waals surface area contributed by atoms with E-state index in [1.807, 2.05) is 6.92 Å². The Morgan fingerprint density at radius 2 is 1.84 bits per heavy atom. The Labute approximate surface area is 195 Å². The van der Waals surface area contributed by atoms with Gasteiger partial charge in [0.1, 0.15) is 17.1 Å². The zero-order valence-electron chi connectivity index (χ0n) is 15.9. The number of carbonyl (C=O) groups is 3. The lowest BCUT2D eigenvalue weighted by Gasteiger charge is -2.26. The minimum absolute atomic E-state index is 0.238. The Bertz CT molecular complexity index is 1280. The molecule has 1 aliphatic heterocycles. The van der Waals surface area contributed by atoms with Gasteiger partial charge in [0.2, 0.25) is 0 Å². The molecule has 0 aliphatic carbocycles. The van der Waals surface area contributed by atoms with Gasteiger partial charge in [-0.25, -0.2) is 9.69 Å². The van der Waals surface area contributed by atoms with E-state index in [1.54, 1.807) is 48.5 Å². The molecule has 2 heterocycles. The van der Waals surface area contributed by atoms with Crippen LogP contribution in [-0.2, 0) is 9.59 Å². The second kappa shape index (κ2) is 8.34. The molecule has 0 radical (unpaired) electrons. The summed E-state index contributed by atoms with van der Waals surface area (Å²) in [4.78, 5) is 38.6. The van der Waals surface area contributed by atoms with E-state index in [9.17, 15) is 14.4 Å². The highest BCUT2D eigenvalue weighted by Crippen LogP contribution is 2.35. The van der Waals surface area contributed by atoms with E-state index in [-0.39, 0.29) is 11.3 Å². The van der Waals surface area contributed by atoms with Crippen molar-refractivity contribution >= 4 is 68.7 Å². The van der Waals surface area contributed by atoms with Crippen LogP contribution in [0.5, 0.6) is 0 Å². The fourth-order valence-electron chi connectivity index (χ4n) is 3.07. The quantitative estimate of drug-likeness (QED) is 0.340. The van der Waals surface area contributed by atoms with Gasteiger partial charge in [0.25, 0.3) is 11.8 Å². The summed E-state index contributed by atoms with van der Waals surface area (Å²) in [7, 11) is 0. The SMILES string of the molecule is Cc1cc(N2C(=O)NC(=O)/C(=C/c3ccc(-c4cccc(Cl)c4Cl)o3)C2=O)ccc1Br. The highest BCUT2D eigenvalue weighted by Gasteiger charge is 2.37. The number of benzene rings is 2. The third-order valence-corrected chi connectivity index (χ3v) is 6.34. The number of rotatable bonds is 3. The molecule has 1 N–H and O–H groups in total. The molecule has 1 saturated heterocycles. The first kappa shape index (κ1) is 21.4. The molecule has 31 heavy (non-hydrogen) atoms. The van der Waals surface area contributed by atoms with Crippen LogP contribution in [-0.4, -0.2) is 17.8 Å². The first-order chi connectivity index (χ1) is 14.8. The van der Waals surface area contributed by atoms with Gasteiger partial charge in [-0.1, -0.05) is 45.2 Å². The number of halogens is 3. The number of anilines is 1. The predicted octanol–water partition coefficient (Wildman–Crippen LogP) is 5.99. The summed E-state index contributed by atoms with van der Waals surface area (Å²) in [6.45, 7) is 1.83. The van der Waals surface area contributed by atoms with Crippen molar-refractivity contribution < 1.29 is 18.8 Å². The lowest BCUT2D eigenvalue weighted by atomic mass is 10.1. The Morgan fingerprint density at radius 1 is 1.06 bits per heavy atom. The molecule has 0 spiro atoms. The number of carbonyl (C=O) groups excluding carboxylic acids is 3. The van der Waals surface area contributed by atoms with Gasteiger partial charge in [0.15, 0.2) is 0 Å². The average Bonchev–Trinajstić information content (AvgIpc) is 3.18. The molecule has 4 amide bonds. The van der Waals surface area contributed by atoms with Crippen molar-refractivity contribution in [3.05, 3.63) is 79.9 Å². The number of imide groups is 2. The highest BCUT2D eigenvalue weighted by atomic mass is 79.9. The molecule has 156 valence electrons.